The Morgan fingerprint density at radius 1 is 1.21 bits per heavy atom. The van der Waals surface area contributed by atoms with E-state index >= 15 is 0 Å². The highest BCUT2D eigenvalue weighted by Gasteiger charge is 2.58. The number of benzene rings is 1. The first-order chi connectivity index (χ1) is 13.3. The summed E-state index contributed by atoms with van der Waals surface area (Å²) in [5.41, 5.74) is 1.11. The smallest absolute Gasteiger partial charge is 0.407 e. The van der Waals surface area contributed by atoms with Crippen molar-refractivity contribution in [1.29, 1.82) is 0 Å². The molecule has 4 fully saturated rings. The van der Waals surface area contributed by atoms with Crippen LogP contribution in [0.3, 0.4) is 0 Å². The maximum absolute atomic E-state index is 12.4. The fourth-order valence-electron chi connectivity index (χ4n) is 6.26. The van der Waals surface area contributed by atoms with Gasteiger partial charge in [0.25, 0.3) is 5.69 Å². The molecule has 7 nitrogen and oxygen atoms in total. The predicted octanol–water partition coefficient (Wildman–Crippen LogP) is 3.47. The summed E-state index contributed by atoms with van der Waals surface area (Å²) in [6, 6.07) is 7.08. The van der Waals surface area contributed by atoms with Gasteiger partial charge in [0.1, 0.15) is 6.61 Å². The van der Waals surface area contributed by atoms with Crippen LogP contribution in [0.15, 0.2) is 24.3 Å². The number of hydrogen-bond acceptors (Lipinski definition) is 5. The van der Waals surface area contributed by atoms with E-state index in [4.69, 9.17) is 4.74 Å². The van der Waals surface area contributed by atoms with E-state index in [9.17, 15) is 14.9 Å². The fraction of sp³-hybridized carbons (Fsp3) is 0.667. The highest BCUT2D eigenvalue weighted by atomic mass is 16.6. The molecule has 28 heavy (non-hydrogen) atoms. The normalized spacial score (nSPS) is 33.1. The van der Waals surface area contributed by atoms with Gasteiger partial charge in [-0.05, 0) is 75.4 Å². The zero-order valence-electron chi connectivity index (χ0n) is 16.6. The van der Waals surface area contributed by atoms with Crippen LogP contribution in [0.2, 0.25) is 0 Å². The lowest BCUT2D eigenvalue weighted by atomic mass is 9.45. The summed E-state index contributed by atoms with van der Waals surface area (Å²) in [7, 11) is 3.91. The average molecular weight is 387 g/mol. The minimum atomic E-state index is -0.351. The molecular formula is C21H29N3O4. The van der Waals surface area contributed by atoms with Gasteiger partial charge >= 0.3 is 6.09 Å². The summed E-state index contributed by atoms with van der Waals surface area (Å²) >= 11 is 0. The van der Waals surface area contributed by atoms with Gasteiger partial charge in [-0.2, -0.15) is 0 Å². The highest BCUT2D eigenvalue weighted by molar-refractivity contribution is 5.68. The number of nitro groups is 1. The number of nitrogens with one attached hydrogen (secondary N) is 1. The van der Waals surface area contributed by atoms with Crippen LogP contribution >= 0.6 is 0 Å². The molecule has 0 aromatic heterocycles. The van der Waals surface area contributed by atoms with Crippen LogP contribution in [0.1, 0.15) is 44.1 Å². The van der Waals surface area contributed by atoms with E-state index in [0.29, 0.717) is 25.0 Å². The number of alkyl carbamates (subject to hydrolysis) is 1. The molecule has 1 aromatic rings. The number of non-ortho nitro benzene ring substituents is 1. The van der Waals surface area contributed by atoms with Crippen LogP contribution in [0, 0.1) is 22.0 Å². The molecule has 1 aromatic carbocycles. The Kier molecular flexibility index (Phi) is 4.81. The van der Waals surface area contributed by atoms with Crippen LogP contribution in [0.5, 0.6) is 0 Å². The van der Waals surface area contributed by atoms with Crippen molar-refractivity contribution in [2.45, 2.75) is 49.5 Å². The third-order valence-corrected chi connectivity index (χ3v) is 6.89. The van der Waals surface area contributed by atoms with E-state index in [0.717, 1.165) is 32.1 Å². The molecule has 152 valence electrons. The predicted molar refractivity (Wildman–Crippen MR) is 105 cm³/mol. The van der Waals surface area contributed by atoms with Crippen LogP contribution in [0.4, 0.5) is 10.5 Å². The highest BCUT2D eigenvalue weighted by Crippen LogP contribution is 2.62. The van der Waals surface area contributed by atoms with Gasteiger partial charge in [0.05, 0.1) is 4.92 Å². The molecule has 5 rings (SSSR count). The van der Waals surface area contributed by atoms with E-state index in [1.165, 1.54) is 12.0 Å². The zero-order chi connectivity index (χ0) is 19.9. The number of carbonyl (C=O) groups excluding carboxylic acids is 1. The number of ether oxygens (including phenoxy) is 1. The van der Waals surface area contributed by atoms with Gasteiger partial charge in [0.2, 0.25) is 0 Å². The Balaban J connectivity index is 1.52. The van der Waals surface area contributed by atoms with Crippen LogP contribution in [-0.2, 0) is 10.2 Å². The Morgan fingerprint density at radius 2 is 1.86 bits per heavy atom. The van der Waals surface area contributed by atoms with Crippen molar-refractivity contribution in [3.8, 4) is 0 Å². The number of rotatable bonds is 6. The molecule has 4 saturated carbocycles. The minimum absolute atomic E-state index is 0.0100. The molecule has 0 heterocycles. The summed E-state index contributed by atoms with van der Waals surface area (Å²) in [6.45, 7) is 1.09. The van der Waals surface area contributed by atoms with Gasteiger partial charge in [-0.15, -0.1) is 0 Å². The molecule has 0 saturated heterocycles. The third kappa shape index (κ3) is 3.60. The standard InChI is InChI=1S/C21H29N3O4/c1-23(2)7-8-28-19(25)22-21-12-15-9-16(13-21)11-20(10-15,14-21)17-3-5-18(6-4-17)24(26)27/h3-6,15-16H,7-14H2,1-2H3,(H,22,25). The van der Waals surface area contributed by atoms with E-state index in [2.05, 4.69) is 5.32 Å². The van der Waals surface area contributed by atoms with E-state index in [-0.39, 0.29) is 27.7 Å². The quantitative estimate of drug-likeness (QED) is 0.597. The van der Waals surface area contributed by atoms with Gasteiger partial charge in [-0.1, -0.05) is 12.1 Å². The molecule has 4 bridgehead atoms. The Labute approximate surface area is 165 Å². The number of amides is 1. The lowest BCUT2D eigenvalue weighted by molar-refractivity contribution is -0.384. The minimum Gasteiger partial charge on any atom is -0.448 e. The van der Waals surface area contributed by atoms with Gasteiger partial charge in [0, 0.05) is 24.2 Å². The third-order valence-electron chi connectivity index (χ3n) is 6.89. The van der Waals surface area contributed by atoms with Crippen molar-refractivity contribution >= 4 is 11.8 Å². The summed E-state index contributed by atoms with van der Waals surface area (Å²) in [4.78, 5) is 25.1. The maximum atomic E-state index is 12.4. The molecule has 7 heteroatoms. The molecule has 0 spiro atoms. The molecule has 2 atom stereocenters. The summed E-state index contributed by atoms with van der Waals surface area (Å²) in [5, 5.41) is 14.2. The van der Waals surface area contributed by atoms with Gasteiger partial charge in [-0.3, -0.25) is 10.1 Å². The van der Waals surface area contributed by atoms with Crippen molar-refractivity contribution in [3.05, 3.63) is 39.9 Å². The molecule has 0 aliphatic heterocycles. The SMILES string of the molecule is CN(C)CCOC(=O)NC12CC3CC(C1)CC(c1ccc([N+](=O)[O-])cc1)(C3)C2. The zero-order valence-corrected chi connectivity index (χ0v) is 16.6. The topological polar surface area (TPSA) is 84.7 Å². The van der Waals surface area contributed by atoms with Crippen LogP contribution in [-0.4, -0.2) is 48.7 Å². The molecule has 1 amide bonds. The Morgan fingerprint density at radius 3 is 2.43 bits per heavy atom. The second kappa shape index (κ2) is 7.03. The monoisotopic (exact) mass is 387 g/mol. The van der Waals surface area contributed by atoms with Gasteiger partial charge in [-0.25, -0.2) is 4.79 Å². The van der Waals surface area contributed by atoms with E-state index in [1.807, 2.05) is 31.1 Å². The average Bonchev–Trinajstić information content (AvgIpc) is 2.59. The van der Waals surface area contributed by atoms with Crippen molar-refractivity contribution in [3.63, 3.8) is 0 Å². The maximum Gasteiger partial charge on any atom is 0.407 e. The van der Waals surface area contributed by atoms with Crippen molar-refractivity contribution < 1.29 is 14.5 Å². The lowest BCUT2D eigenvalue weighted by Crippen LogP contribution is -2.64. The number of likely N-dealkylation sites (N-methyl/N-ethyl adjacent to an activating group) is 1. The Hall–Kier alpha value is -2.15. The molecule has 2 unspecified atom stereocenters. The van der Waals surface area contributed by atoms with Gasteiger partial charge < -0.3 is 15.0 Å². The largest absolute Gasteiger partial charge is 0.448 e. The van der Waals surface area contributed by atoms with Gasteiger partial charge in [0.15, 0.2) is 0 Å². The van der Waals surface area contributed by atoms with Crippen LogP contribution in [0.25, 0.3) is 0 Å². The molecule has 4 aliphatic carbocycles. The molecule has 4 aliphatic rings. The number of hydrogen-bond donors (Lipinski definition) is 1. The first-order valence-electron chi connectivity index (χ1n) is 10.1. The molecule has 0 radical (unpaired) electrons. The van der Waals surface area contributed by atoms with Crippen molar-refractivity contribution in [2.24, 2.45) is 11.8 Å². The van der Waals surface area contributed by atoms with Crippen molar-refractivity contribution in [2.75, 3.05) is 27.2 Å². The van der Waals surface area contributed by atoms with Crippen molar-refractivity contribution in [1.82, 2.24) is 10.2 Å². The van der Waals surface area contributed by atoms with Crippen LogP contribution < -0.4 is 5.32 Å². The number of nitrogens with zero attached hydrogens (tertiary/aromatic N) is 2. The molecule has 1 N–H and O–H groups in total. The molecular weight excluding hydrogens is 358 g/mol. The first-order valence-corrected chi connectivity index (χ1v) is 10.1. The summed E-state index contributed by atoms with van der Waals surface area (Å²) in [5.74, 6) is 1.19. The second-order valence-corrected chi connectivity index (χ2v) is 9.39. The fourth-order valence-corrected chi connectivity index (χ4v) is 6.26. The number of carbonyl (C=O) groups is 1. The van der Waals surface area contributed by atoms with E-state index in [1.54, 1.807) is 12.1 Å². The second-order valence-electron chi connectivity index (χ2n) is 9.39. The summed E-state index contributed by atoms with van der Waals surface area (Å²) < 4.78 is 5.41. The Bertz CT molecular complexity index is 747. The van der Waals surface area contributed by atoms with E-state index < -0.39 is 0 Å². The lowest BCUT2D eigenvalue weighted by Gasteiger charge is -2.62. The first kappa shape index (κ1) is 19.2. The summed E-state index contributed by atoms with van der Waals surface area (Å²) in [6.07, 6.45) is 6.06. The number of nitro benzene ring substituents is 1.